The quantitative estimate of drug-likeness (QED) is 0.175. The van der Waals surface area contributed by atoms with Gasteiger partial charge < -0.3 is 20.9 Å². The maximum absolute atomic E-state index is 13.7. The lowest BCUT2D eigenvalue weighted by Gasteiger charge is -2.73. The third kappa shape index (κ3) is 5.82. The fourth-order valence-electron chi connectivity index (χ4n) is 14.2. The lowest BCUT2D eigenvalue weighted by Crippen LogP contribution is -2.67. The van der Waals surface area contributed by atoms with E-state index in [-0.39, 0.29) is 57.6 Å². The summed E-state index contributed by atoms with van der Waals surface area (Å²) in [6.45, 7) is 22.4. The summed E-state index contributed by atoms with van der Waals surface area (Å²) in [6.07, 6.45) is 14.5. The van der Waals surface area contributed by atoms with Crippen LogP contribution in [0.25, 0.3) is 0 Å². The smallest absolute Gasteiger partial charge is 0.309 e. The Balaban J connectivity index is 1.23. The molecule has 6 saturated carbocycles. The van der Waals surface area contributed by atoms with Crippen LogP contribution in [-0.2, 0) is 19.1 Å². The highest BCUT2D eigenvalue weighted by Gasteiger charge is 2.71. The van der Waals surface area contributed by atoms with Gasteiger partial charge in [-0.05, 0) is 155 Å². The minimum absolute atomic E-state index is 0.0576. The highest BCUT2D eigenvalue weighted by atomic mass is 16.5. The van der Waals surface area contributed by atoms with Crippen molar-refractivity contribution < 1.29 is 24.2 Å². The average Bonchev–Trinajstić information content (AvgIpc) is 3.57. The maximum atomic E-state index is 13.7. The Morgan fingerprint density at radius 3 is 2.22 bits per heavy atom. The Morgan fingerprint density at radius 2 is 1.59 bits per heavy atom. The van der Waals surface area contributed by atoms with Gasteiger partial charge in [-0.25, -0.2) is 0 Å². The van der Waals surface area contributed by atoms with Crippen molar-refractivity contribution in [2.45, 2.75) is 170 Å². The van der Waals surface area contributed by atoms with Gasteiger partial charge in [0.1, 0.15) is 6.10 Å². The molecule has 6 rings (SSSR count). The van der Waals surface area contributed by atoms with Crippen LogP contribution < -0.4 is 11.1 Å². The van der Waals surface area contributed by atoms with E-state index in [0.29, 0.717) is 36.0 Å². The van der Waals surface area contributed by atoms with Crippen LogP contribution in [0.1, 0.15) is 152 Å². The zero-order valence-corrected chi connectivity index (χ0v) is 32.1. The second-order valence-corrected chi connectivity index (χ2v) is 20.3. The first-order chi connectivity index (χ1) is 22.7. The molecule has 4 N–H and O–H groups in total. The maximum Gasteiger partial charge on any atom is 0.309 e. The van der Waals surface area contributed by atoms with Crippen molar-refractivity contribution in [3.8, 4) is 0 Å². The van der Waals surface area contributed by atoms with Crippen molar-refractivity contribution in [3.63, 3.8) is 0 Å². The summed E-state index contributed by atoms with van der Waals surface area (Å²) >= 11 is 0. The fourth-order valence-corrected chi connectivity index (χ4v) is 14.2. The Labute approximate surface area is 296 Å². The Hall–Kier alpha value is -1.89. The fraction of sp³-hybridized carbons (Fsp3) is 0.881. The monoisotopic (exact) mass is 681 g/mol. The predicted molar refractivity (Wildman–Crippen MR) is 193 cm³/mol. The van der Waals surface area contributed by atoms with Crippen molar-refractivity contribution in [2.24, 2.45) is 67.8 Å². The van der Waals surface area contributed by atoms with E-state index >= 15 is 0 Å². The number of hydrogen-bond acceptors (Lipinski definition) is 5. The second kappa shape index (κ2) is 12.4. The number of nitrogens with one attached hydrogen (secondary N) is 1. The Bertz CT molecular complexity index is 1360. The minimum Gasteiger partial charge on any atom is -0.481 e. The molecule has 276 valence electrons. The number of allylic oxidation sites excluding steroid dienone is 1. The highest BCUT2D eigenvalue weighted by molar-refractivity contribution is 5.81. The molecule has 0 radical (unpaired) electrons. The summed E-state index contributed by atoms with van der Waals surface area (Å²) in [5.41, 5.74) is 6.77. The molecular formula is C42H68N2O5. The average molecular weight is 681 g/mol. The largest absolute Gasteiger partial charge is 0.481 e. The van der Waals surface area contributed by atoms with Crippen LogP contribution in [0.3, 0.4) is 0 Å². The first-order valence-corrected chi connectivity index (χ1v) is 19.8. The molecule has 6 aliphatic carbocycles. The van der Waals surface area contributed by atoms with Gasteiger partial charge in [0.2, 0.25) is 5.91 Å². The van der Waals surface area contributed by atoms with Crippen molar-refractivity contribution >= 4 is 17.8 Å². The summed E-state index contributed by atoms with van der Waals surface area (Å²) in [6, 6.07) is 0.444. The summed E-state index contributed by atoms with van der Waals surface area (Å²) in [5.74, 6) is 1.48. The lowest BCUT2D eigenvalue weighted by atomic mass is 9.32. The molecule has 12 atom stereocenters. The molecule has 7 heteroatoms. The van der Waals surface area contributed by atoms with Gasteiger partial charge in [0.15, 0.2) is 0 Å². The summed E-state index contributed by atoms with van der Waals surface area (Å²) in [7, 11) is 0. The van der Waals surface area contributed by atoms with E-state index in [1.54, 1.807) is 13.8 Å². The topological polar surface area (TPSA) is 119 Å². The minimum atomic E-state index is -1.14. The SMILES string of the molecule is C=C(C)[C@@H]1CC[C@]2(CC(=O)N[C@@H]3CC[C@H](N)C3)CC[C@]3(C)[C@H](CC[C@@H]4[C@@]5(C)CC[C@H](OC(=O)CC(C)(C)C(=O)O)C(C)(C)[C@@H]5CC[C@]43C)[C@@H]12. The van der Waals surface area contributed by atoms with Crippen LogP contribution in [0, 0.1) is 62.1 Å². The first kappa shape index (κ1) is 36.9. The van der Waals surface area contributed by atoms with Gasteiger partial charge in [0.25, 0.3) is 0 Å². The Morgan fingerprint density at radius 1 is 0.878 bits per heavy atom. The number of carboxylic acids is 1. The van der Waals surface area contributed by atoms with Crippen LogP contribution in [0.5, 0.6) is 0 Å². The number of carboxylic acid groups (broad SMARTS) is 1. The molecule has 1 amide bonds. The van der Waals surface area contributed by atoms with Crippen LogP contribution in [-0.4, -0.2) is 41.1 Å². The number of carbonyl (C=O) groups is 3. The number of ether oxygens (including phenoxy) is 1. The molecule has 6 fully saturated rings. The first-order valence-electron chi connectivity index (χ1n) is 19.8. The molecule has 0 saturated heterocycles. The van der Waals surface area contributed by atoms with E-state index in [0.717, 1.165) is 57.8 Å². The van der Waals surface area contributed by atoms with Crippen LogP contribution >= 0.6 is 0 Å². The molecule has 0 aromatic heterocycles. The standard InChI is InChI=1S/C42H68N2O5/c1-25(2)28-14-19-42(23-33(45)44-27-11-10-26(43)22-27)21-20-40(8)29(35(28)42)12-13-31-39(7)17-16-32(49-34(46)24-37(3,4)36(47)48)38(5,6)30(39)15-18-41(31,40)9/h26-32,35H,1,10-24,43H2,2-9H3,(H,44,45)(H,47,48)/t26-,27+,28-,29+,30-,31+,32-,35+,39-,40+,41+,42+/m0/s1. The lowest BCUT2D eigenvalue weighted by molar-refractivity contribution is -0.250. The molecule has 49 heavy (non-hydrogen) atoms. The van der Waals surface area contributed by atoms with E-state index in [4.69, 9.17) is 10.5 Å². The Kier molecular flexibility index (Phi) is 9.31. The molecular weight excluding hydrogens is 612 g/mol. The van der Waals surface area contributed by atoms with Gasteiger partial charge in [-0.2, -0.15) is 0 Å². The molecule has 6 aliphatic rings. The van der Waals surface area contributed by atoms with Gasteiger partial charge in [-0.3, -0.25) is 14.4 Å². The van der Waals surface area contributed by atoms with Gasteiger partial charge in [0.05, 0.1) is 11.8 Å². The molecule has 0 spiro atoms. The van der Waals surface area contributed by atoms with Crippen LogP contribution in [0.2, 0.25) is 0 Å². The van der Waals surface area contributed by atoms with E-state index in [1.165, 1.54) is 31.3 Å². The molecule has 0 aliphatic heterocycles. The van der Waals surface area contributed by atoms with Gasteiger partial charge >= 0.3 is 11.9 Å². The van der Waals surface area contributed by atoms with E-state index in [2.05, 4.69) is 53.4 Å². The van der Waals surface area contributed by atoms with Crippen molar-refractivity contribution in [2.75, 3.05) is 0 Å². The van der Waals surface area contributed by atoms with E-state index in [9.17, 15) is 19.5 Å². The molecule has 0 bridgehead atoms. The summed E-state index contributed by atoms with van der Waals surface area (Å²) in [4.78, 5) is 38.5. The molecule has 0 aromatic rings. The number of esters is 1. The predicted octanol–water partition coefficient (Wildman–Crippen LogP) is 8.44. The highest BCUT2D eigenvalue weighted by Crippen LogP contribution is 2.78. The van der Waals surface area contributed by atoms with Crippen LogP contribution in [0.15, 0.2) is 12.2 Å². The number of rotatable bonds is 8. The van der Waals surface area contributed by atoms with Gasteiger partial charge in [-0.1, -0.05) is 46.8 Å². The van der Waals surface area contributed by atoms with Crippen molar-refractivity contribution in [1.82, 2.24) is 5.32 Å². The number of aliphatic carboxylic acids is 1. The van der Waals surface area contributed by atoms with Gasteiger partial charge in [0, 0.05) is 23.9 Å². The van der Waals surface area contributed by atoms with Crippen molar-refractivity contribution in [3.05, 3.63) is 12.2 Å². The van der Waals surface area contributed by atoms with Gasteiger partial charge in [-0.15, -0.1) is 0 Å². The summed E-state index contributed by atoms with van der Waals surface area (Å²) in [5, 5.41) is 13.0. The number of hydrogen-bond donors (Lipinski definition) is 3. The molecule has 0 unspecified atom stereocenters. The second-order valence-electron chi connectivity index (χ2n) is 20.3. The van der Waals surface area contributed by atoms with E-state index < -0.39 is 17.4 Å². The third-order valence-corrected chi connectivity index (χ3v) is 17.0. The molecule has 7 nitrogen and oxygen atoms in total. The normalized spacial score (nSPS) is 45.7. The number of nitrogens with two attached hydrogens (primary N) is 1. The van der Waals surface area contributed by atoms with E-state index in [1.807, 2.05) is 0 Å². The number of carbonyl (C=O) groups excluding carboxylic acids is 2. The zero-order valence-electron chi connectivity index (χ0n) is 32.1. The van der Waals surface area contributed by atoms with Crippen molar-refractivity contribution in [1.29, 1.82) is 0 Å². The van der Waals surface area contributed by atoms with Crippen LogP contribution in [0.4, 0.5) is 0 Å². The molecule has 0 heterocycles. The number of fused-ring (bicyclic) bond motifs is 7. The number of amides is 1. The third-order valence-electron chi connectivity index (χ3n) is 17.0. The zero-order chi connectivity index (χ0) is 35.9. The molecule has 0 aromatic carbocycles. The summed E-state index contributed by atoms with van der Waals surface area (Å²) < 4.78 is 6.18.